The molecule has 2 fully saturated rings. The summed E-state index contributed by atoms with van der Waals surface area (Å²) in [6.07, 6.45) is 18.0. The van der Waals surface area contributed by atoms with E-state index in [2.05, 4.69) is 50.1 Å². The molecule has 1 aromatic carbocycles. The van der Waals surface area contributed by atoms with E-state index >= 15 is 0 Å². The van der Waals surface area contributed by atoms with E-state index in [4.69, 9.17) is 0 Å². The summed E-state index contributed by atoms with van der Waals surface area (Å²) in [5.74, 6) is 1.12. The van der Waals surface area contributed by atoms with Gasteiger partial charge < -0.3 is 4.90 Å². The SMILES string of the molecule is CC(C)(C)c1ccc(CN2CCn3nc([C]4[CH][CH][CH][CH]4)cc3C2=O)cc1.[CH]1[CH][CH][CH][CH]1.[Fe+2]. The van der Waals surface area contributed by atoms with E-state index in [1.165, 1.54) is 5.56 Å². The molecule has 0 saturated heterocycles. The van der Waals surface area contributed by atoms with Gasteiger partial charge in [0, 0.05) is 19.0 Å². The molecule has 4 nitrogen and oxygen atoms in total. The molecule has 2 aromatic rings. The second kappa shape index (κ2) is 11.0. The van der Waals surface area contributed by atoms with Crippen molar-refractivity contribution < 1.29 is 21.9 Å². The zero-order valence-electron chi connectivity index (χ0n) is 18.8. The zero-order chi connectivity index (χ0) is 21.8. The van der Waals surface area contributed by atoms with Gasteiger partial charge in [0.15, 0.2) is 0 Å². The molecule has 0 N–H and O–H groups in total. The van der Waals surface area contributed by atoms with Crippen LogP contribution in [0, 0.1) is 63.7 Å². The number of hydrogen-bond acceptors (Lipinski definition) is 2. The predicted octanol–water partition coefficient (Wildman–Crippen LogP) is 4.61. The molecule has 10 radical (unpaired) electrons. The number of nitrogens with zero attached hydrogens (tertiary/aromatic N) is 3. The fourth-order valence-electron chi connectivity index (χ4n) is 3.73. The number of carbonyl (C=O) groups excluding carboxylic acids is 1. The second-order valence-electron chi connectivity index (χ2n) is 8.95. The van der Waals surface area contributed by atoms with E-state index in [9.17, 15) is 4.79 Å². The van der Waals surface area contributed by atoms with Crippen LogP contribution in [0.3, 0.4) is 0 Å². The molecule has 2 heterocycles. The number of hydrogen-bond donors (Lipinski definition) is 0. The van der Waals surface area contributed by atoms with Gasteiger partial charge in [-0.3, -0.25) is 9.48 Å². The Morgan fingerprint density at radius 3 is 2.03 bits per heavy atom. The van der Waals surface area contributed by atoms with Crippen molar-refractivity contribution in [3.05, 3.63) is 117 Å². The minimum atomic E-state index is 0. The molecule has 2 saturated carbocycles. The smallest absolute Gasteiger partial charge is 0.331 e. The molecular formula is C27H29FeN3O+2. The van der Waals surface area contributed by atoms with Crippen LogP contribution in [0.25, 0.3) is 0 Å². The maximum absolute atomic E-state index is 12.9. The van der Waals surface area contributed by atoms with Crippen LogP contribution in [-0.4, -0.2) is 27.1 Å². The van der Waals surface area contributed by atoms with Crippen molar-refractivity contribution in [1.29, 1.82) is 0 Å². The Bertz CT molecular complexity index is 864. The summed E-state index contributed by atoms with van der Waals surface area (Å²) in [4.78, 5) is 14.8. The van der Waals surface area contributed by atoms with Gasteiger partial charge >= 0.3 is 17.1 Å². The van der Waals surface area contributed by atoms with Crippen molar-refractivity contribution in [2.75, 3.05) is 6.54 Å². The molecule has 1 aromatic heterocycles. The summed E-state index contributed by atoms with van der Waals surface area (Å²) in [5, 5.41) is 4.59. The van der Waals surface area contributed by atoms with Gasteiger partial charge in [-0.15, -0.1) is 0 Å². The summed E-state index contributed by atoms with van der Waals surface area (Å²) in [6.45, 7) is 8.70. The van der Waals surface area contributed by atoms with E-state index in [0.717, 1.165) is 23.7 Å². The Labute approximate surface area is 204 Å². The molecule has 0 unspecified atom stereocenters. The van der Waals surface area contributed by atoms with Crippen LogP contribution in [0.4, 0.5) is 0 Å². The van der Waals surface area contributed by atoms with E-state index in [1.54, 1.807) is 0 Å². The Hall–Kier alpha value is -1.58. The fourth-order valence-corrected chi connectivity index (χ4v) is 3.73. The van der Waals surface area contributed by atoms with Gasteiger partial charge in [0.1, 0.15) is 5.69 Å². The van der Waals surface area contributed by atoms with Gasteiger partial charge in [-0.25, -0.2) is 0 Å². The summed E-state index contributed by atoms with van der Waals surface area (Å²) in [5.41, 5.74) is 4.16. The van der Waals surface area contributed by atoms with Gasteiger partial charge in [0.05, 0.1) is 12.2 Å². The van der Waals surface area contributed by atoms with Crippen molar-refractivity contribution in [2.45, 2.75) is 39.3 Å². The topological polar surface area (TPSA) is 38.1 Å². The number of amides is 1. The molecule has 2 aliphatic carbocycles. The summed E-state index contributed by atoms with van der Waals surface area (Å²) < 4.78 is 1.84. The first-order chi connectivity index (χ1) is 14.9. The van der Waals surface area contributed by atoms with Gasteiger partial charge in [-0.05, 0) is 80.4 Å². The minimum absolute atomic E-state index is 0. The van der Waals surface area contributed by atoms with Crippen molar-refractivity contribution in [3.8, 4) is 0 Å². The number of fused-ring (bicyclic) bond motifs is 1. The van der Waals surface area contributed by atoms with Crippen LogP contribution in [0.15, 0.2) is 30.3 Å². The van der Waals surface area contributed by atoms with Crippen molar-refractivity contribution >= 4 is 5.91 Å². The monoisotopic (exact) mass is 467 g/mol. The van der Waals surface area contributed by atoms with E-state index in [1.807, 2.05) is 73.4 Å². The van der Waals surface area contributed by atoms with Crippen LogP contribution in [0.1, 0.15) is 48.1 Å². The summed E-state index contributed by atoms with van der Waals surface area (Å²) >= 11 is 0. The van der Waals surface area contributed by atoms with Crippen molar-refractivity contribution in [1.82, 2.24) is 14.7 Å². The molecule has 32 heavy (non-hydrogen) atoms. The number of benzene rings is 1. The first-order valence-electron chi connectivity index (χ1n) is 10.8. The summed E-state index contributed by atoms with van der Waals surface area (Å²) in [7, 11) is 0. The Morgan fingerprint density at radius 1 is 0.875 bits per heavy atom. The molecule has 0 bridgehead atoms. The second-order valence-corrected chi connectivity index (χ2v) is 8.95. The number of carbonyl (C=O) groups is 1. The first kappa shape index (κ1) is 25.1. The largest absolute Gasteiger partial charge is 2.00 e. The summed E-state index contributed by atoms with van der Waals surface area (Å²) in [6, 6.07) is 10.5. The Balaban J connectivity index is 0.000000427. The van der Waals surface area contributed by atoms with Crippen molar-refractivity contribution in [3.63, 3.8) is 0 Å². The predicted molar refractivity (Wildman–Crippen MR) is 123 cm³/mol. The van der Waals surface area contributed by atoms with Gasteiger partial charge in [-0.2, -0.15) is 5.10 Å². The van der Waals surface area contributed by atoms with Crippen LogP contribution in [-0.2, 0) is 35.6 Å². The number of rotatable bonds is 3. The standard InChI is InChI=1S/C22H24N3O.C5H5.Fe/c1-22(2,3)18-10-8-16(9-11-18)15-24-12-13-25-20(21(24)26)14-19(23-25)17-6-4-5-7-17;1-2-4-5-3-1;/h4-11,14H,12-13,15H2,1-3H3;1-5H;/q;;+2. The van der Waals surface area contributed by atoms with Gasteiger partial charge in [0.25, 0.3) is 5.91 Å². The molecule has 3 aliphatic rings. The van der Waals surface area contributed by atoms with Gasteiger partial charge in [-0.1, -0.05) is 45.0 Å². The fraction of sp³-hybridized carbons (Fsp3) is 0.259. The van der Waals surface area contributed by atoms with E-state index < -0.39 is 0 Å². The molecule has 1 aliphatic heterocycles. The van der Waals surface area contributed by atoms with E-state index in [-0.39, 0.29) is 28.4 Å². The minimum Gasteiger partial charge on any atom is -0.331 e. The van der Waals surface area contributed by atoms with Crippen LogP contribution in [0.5, 0.6) is 0 Å². The van der Waals surface area contributed by atoms with Crippen LogP contribution < -0.4 is 0 Å². The normalized spacial score (nSPS) is 18.7. The Morgan fingerprint density at radius 2 is 1.47 bits per heavy atom. The van der Waals surface area contributed by atoms with E-state index in [0.29, 0.717) is 18.8 Å². The molecule has 0 spiro atoms. The van der Waals surface area contributed by atoms with Crippen LogP contribution in [0.2, 0.25) is 0 Å². The molecular weight excluding hydrogens is 438 g/mol. The molecule has 0 atom stereocenters. The molecule has 5 heteroatoms. The average Bonchev–Trinajstić information content (AvgIpc) is 3.52. The van der Waals surface area contributed by atoms with Gasteiger partial charge in [0.2, 0.25) is 0 Å². The number of aromatic nitrogens is 2. The zero-order valence-corrected chi connectivity index (χ0v) is 19.9. The quantitative estimate of drug-likeness (QED) is 0.619. The first-order valence-corrected chi connectivity index (χ1v) is 10.8. The molecule has 5 rings (SSSR count). The Kier molecular flexibility index (Phi) is 8.63. The molecule has 1 amide bonds. The third-order valence-electron chi connectivity index (χ3n) is 5.58. The third kappa shape index (κ3) is 6.05. The maximum Gasteiger partial charge on any atom is 2.00 e. The average molecular weight is 467 g/mol. The molecule has 164 valence electrons. The maximum atomic E-state index is 12.9. The van der Waals surface area contributed by atoms with Crippen molar-refractivity contribution in [2.24, 2.45) is 0 Å². The van der Waals surface area contributed by atoms with Crippen LogP contribution >= 0.6 is 0 Å². The third-order valence-corrected chi connectivity index (χ3v) is 5.58.